The van der Waals surface area contributed by atoms with Crippen molar-refractivity contribution < 1.29 is 4.74 Å². The Morgan fingerprint density at radius 1 is 1.29 bits per heavy atom. The largest absolute Gasteiger partial charge is 0.382 e. The molecule has 2 saturated heterocycles. The zero-order valence-corrected chi connectivity index (χ0v) is 16.7. The summed E-state index contributed by atoms with van der Waals surface area (Å²) in [5.74, 6) is 1.03. The molecule has 5 rings (SSSR count). The number of nitrogen functional groups attached to an aromatic ring is 1. The van der Waals surface area contributed by atoms with Crippen LogP contribution in [0.25, 0.3) is 0 Å². The van der Waals surface area contributed by atoms with Gasteiger partial charge >= 0.3 is 0 Å². The third kappa shape index (κ3) is 3.23. The van der Waals surface area contributed by atoms with Gasteiger partial charge in [0.15, 0.2) is 5.82 Å². The van der Waals surface area contributed by atoms with Crippen LogP contribution in [0.5, 0.6) is 0 Å². The molecule has 0 aromatic carbocycles. The van der Waals surface area contributed by atoms with Crippen molar-refractivity contribution in [3.8, 4) is 0 Å². The first-order valence-electron chi connectivity index (χ1n) is 9.18. The fraction of sp³-hybridized carbons (Fsp3) is 0.389. The van der Waals surface area contributed by atoms with Gasteiger partial charge in [0.2, 0.25) is 0 Å². The zero-order valence-electron chi connectivity index (χ0n) is 15.1. The molecule has 5 heterocycles. The summed E-state index contributed by atoms with van der Waals surface area (Å²) in [7, 11) is 0. The molecule has 2 aromatic heterocycles. The molecule has 3 aliphatic heterocycles. The van der Waals surface area contributed by atoms with E-state index in [4.69, 9.17) is 27.1 Å². The van der Waals surface area contributed by atoms with Gasteiger partial charge < -0.3 is 15.8 Å². The van der Waals surface area contributed by atoms with Crippen LogP contribution < -0.4 is 16.1 Å². The van der Waals surface area contributed by atoms with Crippen LogP contribution in [0, 0.1) is 0 Å². The Morgan fingerprint density at radius 2 is 2.21 bits per heavy atom. The Bertz CT molecular complexity index is 927. The van der Waals surface area contributed by atoms with E-state index in [0.717, 1.165) is 48.4 Å². The molecule has 2 atom stereocenters. The number of anilines is 2. The van der Waals surface area contributed by atoms with Gasteiger partial charge in [-0.3, -0.25) is 5.01 Å². The molecule has 0 spiro atoms. The quantitative estimate of drug-likeness (QED) is 0.783. The predicted octanol–water partition coefficient (Wildman–Crippen LogP) is 1.97. The summed E-state index contributed by atoms with van der Waals surface area (Å²) in [6.45, 7) is 4.15. The van der Waals surface area contributed by atoms with E-state index in [1.54, 1.807) is 6.20 Å². The number of nitrogens with zero attached hydrogens (tertiary/aromatic N) is 5. The molecule has 2 fully saturated rings. The highest BCUT2D eigenvalue weighted by Gasteiger charge is 2.39. The van der Waals surface area contributed by atoms with Crippen LogP contribution >= 0.6 is 23.4 Å². The number of hydrogen-bond donors (Lipinski definition) is 2. The van der Waals surface area contributed by atoms with E-state index in [0.29, 0.717) is 22.7 Å². The predicted molar refractivity (Wildman–Crippen MR) is 111 cm³/mol. The second-order valence-electron chi connectivity index (χ2n) is 6.79. The van der Waals surface area contributed by atoms with Crippen LogP contribution in [0.2, 0.25) is 5.02 Å². The summed E-state index contributed by atoms with van der Waals surface area (Å²) >= 11 is 7.72. The van der Waals surface area contributed by atoms with E-state index in [9.17, 15) is 0 Å². The van der Waals surface area contributed by atoms with Gasteiger partial charge in [-0.2, -0.15) is 0 Å². The van der Waals surface area contributed by atoms with Crippen LogP contribution in [-0.2, 0) is 4.74 Å². The number of hydrazine groups is 1. The molecule has 10 heteroatoms. The monoisotopic (exact) mass is 417 g/mol. The molecule has 8 nitrogen and oxygen atoms in total. The molecule has 0 saturated carbocycles. The number of fused-ring (bicyclic) bond motifs is 2. The summed E-state index contributed by atoms with van der Waals surface area (Å²) in [4.78, 5) is 14.1. The fourth-order valence-electron chi connectivity index (χ4n) is 3.83. The van der Waals surface area contributed by atoms with Crippen molar-refractivity contribution in [2.24, 2.45) is 4.99 Å². The standard InChI is InChI=1S/C18H20ClN7OS/c19-16-14(3-4-22-17(16)20)28-15-2-1-11-18(24-15)23-5-6-25(11)26-7-8-27-13-10-21-9-12(13)26/h1-5,12-13,21H,6-10H2,(H2,20,22)/t12-,13-/m1/s1. The van der Waals surface area contributed by atoms with E-state index in [-0.39, 0.29) is 6.10 Å². The van der Waals surface area contributed by atoms with Crippen molar-refractivity contribution in [1.82, 2.24) is 20.3 Å². The third-order valence-corrected chi connectivity index (χ3v) is 6.65. The minimum Gasteiger partial charge on any atom is -0.382 e. The van der Waals surface area contributed by atoms with Crippen molar-refractivity contribution in [1.29, 1.82) is 0 Å². The number of nitrogens with one attached hydrogen (secondary N) is 1. The molecular weight excluding hydrogens is 398 g/mol. The highest BCUT2D eigenvalue weighted by Crippen LogP contribution is 2.38. The second kappa shape index (κ2) is 7.49. The first-order valence-corrected chi connectivity index (χ1v) is 10.4. The normalized spacial score (nSPS) is 24.2. The van der Waals surface area contributed by atoms with Crippen LogP contribution in [0.3, 0.4) is 0 Å². The van der Waals surface area contributed by atoms with Crippen molar-refractivity contribution in [3.05, 3.63) is 29.4 Å². The highest BCUT2D eigenvalue weighted by molar-refractivity contribution is 7.99. The maximum atomic E-state index is 6.26. The van der Waals surface area contributed by atoms with Gasteiger partial charge in [-0.1, -0.05) is 23.4 Å². The van der Waals surface area contributed by atoms with Crippen LogP contribution in [0.1, 0.15) is 0 Å². The Balaban J connectivity index is 1.42. The Kier molecular flexibility index (Phi) is 4.85. The number of ether oxygens (including phenoxy) is 1. The lowest BCUT2D eigenvalue weighted by Crippen LogP contribution is -2.59. The number of rotatable bonds is 3. The Hall–Kier alpha value is -1.91. The maximum Gasteiger partial charge on any atom is 0.178 e. The first-order chi connectivity index (χ1) is 13.7. The van der Waals surface area contributed by atoms with E-state index in [1.165, 1.54) is 11.8 Å². The number of halogens is 1. The molecular formula is C18H20ClN7OS. The van der Waals surface area contributed by atoms with Gasteiger partial charge in [0.05, 0.1) is 36.0 Å². The SMILES string of the molecule is Nc1nccc(Sc2ccc3c(n2)N=CCN3N2CCO[C@@H]3CNC[C@H]32)c1Cl. The summed E-state index contributed by atoms with van der Waals surface area (Å²) in [6, 6.07) is 6.24. The summed E-state index contributed by atoms with van der Waals surface area (Å²) in [5.41, 5.74) is 6.81. The molecule has 3 N–H and O–H groups in total. The van der Waals surface area contributed by atoms with Gasteiger partial charge in [-0.25, -0.2) is 20.0 Å². The Morgan fingerprint density at radius 3 is 3.14 bits per heavy atom. The number of aromatic nitrogens is 2. The van der Waals surface area contributed by atoms with Gasteiger partial charge in [0.25, 0.3) is 0 Å². The summed E-state index contributed by atoms with van der Waals surface area (Å²) in [6.07, 6.45) is 3.79. The second-order valence-corrected chi connectivity index (χ2v) is 8.23. The van der Waals surface area contributed by atoms with E-state index in [2.05, 4.69) is 31.4 Å². The topological polar surface area (TPSA) is 91.9 Å². The lowest BCUT2D eigenvalue weighted by molar-refractivity contribution is -0.0503. The minimum atomic E-state index is 0.234. The third-order valence-electron chi connectivity index (χ3n) is 5.14. The van der Waals surface area contributed by atoms with Gasteiger partial charge in [0.1, 0.15) is 10.8 Å². The van der Waals surface area contributed by atoms with Crippen molar-refractivity contribution >= 4 is 46.9 Å². The average molecular weight is 418 g/mol. The zero-order chi connectivity index (χ0) is 19.1. The fourth-order valence-corrected chi connectivity index (χ4v) is 4.87. The van der Waals surface area contributed by atoms with Gasteiger partial charge in [0, 0.05) is 36.9 Å². The molecule has 28 heavy (non-hydrogen) atoms. The number of nitrogens with two attached hydrogens (primary N) is 1. The molecule has 0 amide bonds. The molecule has 0 bridgehead atoms. The molecule has 0 aliphatic carbocycles. The van der Waals surface area contributed by atoms with Crippen LogP contribution in [-0.4, -0.2) is 66.1 Å². The molecule has 0 unspecified atom stereocenters. The number of hydrogen-bond acceptors (Lipinski definition) is 9. The maximum absolute atomic E-state index is 6.26. The molecule has 2 aromatic rings. The van der Waals surface area contributed by atoms with Crippen LogP contribution in [0.4, 0.5) is 17.3 Å². The average Bonchev–Trinajstić information content (AvgIpc) is 3.20. The van der Waals surface area contributed by atoms with Crippen molar-refractivity contribution in [2.45, 2.75) is 22.1 Å². The van der Waals surface area contributed by atoms with Gasteiger partial charge in [-0.05, 0) is 18.2 Å². The first kappa shape index (κ1) is 18.1. The number of morpholine rings is 1. The summed E-state index contributed by atoms with van der Waals surface area (Å²) < 4.78 is 5.91. The Labute approximate surface area is 172 Å². The molecule has 3 aliphatic rings. The number of aliphatic imine (C=N–C) groups is 1. The smallest absolute Gasteiger partial charge is 0.178 e. The highest BCUT2D eigenvalue weighted by atomic mass is 35.5. The van der Waals surface area contributed by atoms with E-state index < -0.39 is 0 Å². The lowest BCUT2D eigenvalue weighted by Gasteiger charge is -2.45. The molecule has 0 radical (unpaired) electrons. The van der Waals surface area contributed by atoms with Crippen molar-refractivity contribution in [3.63, 3.8) is 0 Å². The summed E-state index contributed by atoms with van der Waals surface area (Å²) in [5, 5.41) is 9.36. The van der Waals surface area contributed by atoms with E-state index in [1.807, 2.05) is 18.3 Å². The number of pyridine rings is 2. The minimum absolute atomic E-state index is 0.234. The van der Waals surface area contributed by atoms with E-state index >= 15 is 0 Å². The van der Waals surface area contributed by atoms with Crippen LogP contribution in [0.15, 0.2) is 39.3 Å². The van der Waals surface area contributed by atoms with Gasteiger partial charge in [-0.15, -0.1) is 0 Å². The lowest BCUT2D eigenvalue weighted by atomic mass is 10.1. The molecule has 146 valence electrons. The van der Waals surface area contributed by atoms with Crippen molar-refractivity contribution in [2.75, 3.05) is 43.5 Å².